The highest BCUT2D eigenvalue weighted by atomic mass is 32.2. The van der Waals surface area contributed by atoms with Crippen LogP contribution < -0.4 is 0 Å². The maximum Gasteiger partial charge on any atom is 0.173 e. The Morgan fingerprint density at radius 1 is 0.917 bits per heavy atom. The Bertz CT molecular complexity index is 799. The van der Waals surface area contributed by atoms with Gasteiger partial charge in [-0.2, -0.15) is 0 Å². The van der Waals surface area contributed by atoms with Gasteiger partial charge in [0.15, 0.2) is 5.78 Å². The first-order valence-corrected chi connectivity index (χ1v) is 8.89. The van der Waals surface area contributed by atoms with E-state index in [9.17, 15) is 4.79 Å². The first kappa shape index (κ1) is 16.4. The van der Waals surface area contributed by atoms with E-state index in [1.807, 2.05) is 42.5 Å². The second-order valence-corrected chi connectivity index (χ2v) is 6.38. The van der Waals surface area contributed by atoms with Crippen molar-refractivity contribution in [2.24, 2.45) is 0 Å². The fraction of sp³-hybridized carbons (Fsp3) is 0.150. The molecule has 0 aliphatic carbocycles. The minimum absolute atomic E-state index is 0.0987. The molecule has 0 saturated heterocycles. The van der Waals surface area contributed by atoms with Crippen LogP contribution in [0.25, 0.3) is 11.3 Å². The molecule has 1 heterocycles. The van der Waals surface area contributed by atoms with Crippen molar-refractivity contribution in [2.75, 3.05) is 5.75 Å². The van der Waals surface area contributed by atoms with Crippen LogP contribution in [0, 0.1) is 0 Å². The maximum absolute atomic E-state index is 12.1. The third-order valence-electron chi connectivity index (χ3n) is 3.74. The highest BCUT2D eigenvalue weighted by molar-refractivity contribution is 7.99. The van der Waals surface area contributed by atoms with Crippen molar-refractivity contribution in [3.05, 3.63) is 77.9 Å². The van der Waals surface area contributed by atoms with Gasteiger partial charge in [-0.15, -0.1) is 10.2 Å². The number of hydrogen-bond donors (Lipinski definition) is 0. The van der Waals surface area contributed by atoms with Gasteiger partial charge >= 0.3 is 0 Å². The van der Waals surface area contributed by atoms with E-state index >= 15 is 0 Å². The van der Waals surface area contributed by atoms with E-state index in [0.717, 1.165) is 28.3 Å². The molecule has 4 heteroatoms. The quantitative estimate of drug-likeness (QED) is 0.485. The van der Waals surface area contributed by atoms with E-state index in [-0.39, 0.29) is 5.78 Å². The van der Waals surface area contributed by atoms with Crippen molar-refractivity contribution in [1.29, 1.82) is 0 Å². The van der Waals surface area contributed by atoms with Gasteiger partial charge in [-0.1, -0.05) is 73.3 Å². The predicted octanol–water partition coefficient (Wildman–Crippen LogP) is 4.68. The Hall–Kier alpha value is -2.46. The van der Waals surface area contributed by atoms with Crippen molar-refractivity contribution in [1.82, 2.24) is 10.2 Å². The van der Waals surface area contributed by atoms with Crippen LogP contribution in [0.4, 0.5) is 0 Å². The number of benzene rings is 2. The van der Waals surface area contributed by atoms with Crippen molar-refractivity contribution < 1.29 is 4.79 Å². The molecule has 120 valence electrons. The molecule has 0 aliphatic heterocycles. The third kappa shape index (κ3) is 4.09. The van der Waals surface area contributed by atoms with E-state index < -0.39 is 0 Å². The van der Waals surface area contributed by atoms with Crippen LogP contribution in [-0.2, 0) is 6.42 Å². The zero-order chi connectivity index (χ0) is 16.8. The lowest BCUT2D eigenvalue weighted by Crippen LogP contribution is -2.02. The van der Waals surface area contributed by atoms with Gasteiger partial charge in [-0.25, -0.2) is 0 Å². The number of hydrogen-bond acceptors (Lipinski definition) is 4. The Morgan fingerprint density at radius 2 is 1.67 bits per heavy atom. The molecular formula is C20H18N2OS. The number of Topliss-reactive ketones (excluding diaryl/α,β-unsaturated/α-hetero) is 1. The second kappa shape index (κ2) is 7.88. The summed E-state index contributed by atoms with van der Waals surface area (Å²) < 4.78 is 0. The van der Waals surface area contributed by atoms with Gasteiger partial charge in [-0.05, 0) is 24.1 Å². The largest absolute Gasteiger partial charge is 0.293 e. The van der Waals surface area contributed by atoms with E-state index in [1.165, 1.54) is 17.3 Å². The number of aryl methyl sites for hydroxylation is 1. The SMILES string of the molecule is CCc1ccc(-c2ccc(SCC(=O)c3ccccc3)nn2)cc1. The van der Waals surface area contributed by atoms with Gasteiger partial charge in [0.25, 0.3) is 0 Å². The molecule has 0 amide bonds. The molecular weight excluding hydrogens is 316 g/mol. The summed E-state index contributed by atoms with van der Waals surface area (Å²) >= 11 is 1.41. The van der Waals surface area contributed by atoms with E-state index in [4.69, 9.17) is 0 Å². The highest BCUT2D eigenvalue weighted by Crippen LogP contribution is 2.21. The molecule has 0 unspecified atom stereocenters. The fourth-order valence-electron chi connectivity index (χ4n) is 2.31. The summed E-state index contributed by atoms with van der Waals surface area (Å²) in [6, 6.07) is 21.5. The van der Waals surface area contributed by atoms with Crippen LogP contribution in [0.3, 0.4) is 0 Å². The lowest BCUT2D eigenvalue weighted by molar-refractivity contribution is 0.102. The molecule has 3 aromatic rings. The van der Waals surface area contributed by atoms with Gasteiger partial charge in [0, 0.05) is 11.1 Å². The van der Waals surface area contributed by atoms with Crippen LogP contribution in [-0.4, -0.2) is 21.7 Å². The summed E-state index contributed by atoms with van der Waals surface area (Å²) in [4.78, 5) is 12.1. The molecule has 0 N–H and O–H groups in total. The van der Waals surface area contributed by atoms with Gasteiger partial charge in [0.2, 0.25) is 0 Å². The zero-order valence-electron chi connectivity index (χ0n) is 13.5. The van der Waals surface area contributed by atoms with Crippen LogP contribution in [0.1, 0.15) is 22.8 Å². The first-order chi connectivity index (χ1) is 11.8. The van der Waals surface area contributed by atoms with Gasteiger partial charge < -0.3 is 0 Å². The number of carbonyl (C=O) groups excluding carboxylic acids is 1. The lowest BCUT2D eigenvalue weighted by atomic mass is 10.1. The number of rotatable bonds is 6. The van der Waals surface area contributed by atoms with Crippen LogP contribution in [0.2, 0.25) is 0 Å². The molecule has 0 atom stereocenters. The van der Waals surface area contributed by atoms with Gasteiger partial charge in [0.05, 0.1) is 11.4 Å². The molecule has 0 fully saturated rings. The number of thioether (sulfide) groups is 1. The molecule has 3 nitrogen and oxygen atoms in total. The van der Waals surface area contributed by atoms with E-state index in [0.29, 0.717) is 5.75 Å². The van der Waals surface area contributed by atoms with E-state index in [1.54, 1.807) is 0 Å². The van der Waals surface area contributed by atoms with Crippen LogP contribution in [0.5, 0.6) is 0 Å². The van der Waals surface area contributed by atoms with Gasteiger partial charge in [-0.3, -0.25) is 4.79 Å². The monoisotopic (exact) mass is 334 g/mol. The third-order valence-corrected chi connectivity index (χ3v) is 4.66. The number of ketones is 1. The minimum atomic E-state index is 0.0987. The molecule has 0 spiro atoms. The number of aromatic nitrogens is 2. The van der Waals surface area contributed by atoms with Crippen LogP contribution >= 0.6 is 11.8 Å². The first-order valence-electron chi connectivity index (χ1n) is 7.90. The molecule has 0 bridgehead atoms. The maximum atomic E-state index is 12.1. The Morgan fingerprint density at radius 3 is 2.29 bits per heavy atom. The summed E-state index contributed by atoms with van der Waals surface area (Å²) in [6.07, 6.45) is 1.02. The van der Waals surface area contributed by atoms with Gasteiger partial charge in [0.1, 0.15) is 5.03 Å². The summed E-state index contributed by atoms with van der Waals surface area (Å²) in [7, 11) is 0. The normalized spacial score (nSPS) is 10.5. The van der Waals surface area contributed by atoms with Crippen molar-refractivity contribution in [3.8, 4) is 11.3 Å². The average Bonchev–Trinajstić information content (AvgIpc) is 2.67. The Labute approximate surface area is 146 Å². The average molecular weight is 334 g/mol. The molecule has 1 aromatic heterocycles. The van der Waals surface area contributed by atoms with Crippen LogP contribution in [0.15, 0.2) is 71.8 Å². The summed E-state index contributed by atoms with van der Waals surface area (Å²) in [5, 5.41) is 9.25. The smallest absolute Gasteiger partial charge is 0.173 e. The van der Waals surface area contributed by atoms with E-state index in [2.05, 4.69) is 41.4 Å². The van der Waals surface area contributed by atoms with Crippen molar-refractivity contribution >= 4 is 17.5 Å². The standard InChI is InChI=1S/C20H18N2OS/c1-2-15-8-10-16(11-9-15)18-12-13-20(22-21-18)24-14-19(23)17-6-4-3-5-7-17/h3-13H,2,14H2,1H3. The minimum Gasteiger partial charge on any atom is -0.293 e. The fourth-order valence-corrected chi connectivity index (χ4v) is 3.02. The predicted molar refractivity (Wildman–Crippen MR) is 98.3 cm³/mol. The Kier molecular flexibility index (Phi) is 5.39. The number of nitrogens with zero attached hydrogens (tertiary/aromatic N) is 2. The van der Waals surface area contributed by atoms with Crippen molar-refractivity contribution in [3.63, 3.8) is 0 Å². The summed E-state index contributed by atoms with van der Waals surface area (Å²) in [6.45, 7) is 2.14. The molecule has 0 aliphatic rings. The lowest BCUT2D eigenvalue weighted by Gasteiger charge is -2.04. The summed E-state index contributed by atoms with van der Waals surface area (Å²) in [5.41, 5.74) is 3.93. The molecule has 2 aromatic carbocycles. The highest BCUT2D eigenvalue weighted by Gasteiger charge is 2.07. The number of carbonyl (C=O) groups is 1. The molecule has 24 heavy (non-hydrogen) atoms. The van der Waals surface area contributed by atoms with Crippen molar-refractivity contribution in [2.45, 2.75) is 18.4 Å². The molecule has 3 rings (SSSR count). The summed E-state index contributed by atoms with van der Waals surface area (Å²) in [5.74, 6) is 0.463. The Balaban J connectivity index is 1.63. The second-order valence-electron chi connectivity index (χ2n) is 5.39. The molecule has 0 radical (unpaired) electrons. The zero-order valence-corrected chi connectivity index (χ0v) is 14.3. The topological polar surface area (TPSA) is 42.9 Å². The molecule has 0 saturated carbocycles.